The van der Waals surface area contributed by atoms with Gasteiger partial charge in [-0.05, 0) is 50.1 Å². The van der Waals surface area contributed by atoms with Crippen LogP contribution in [0.15, 0.2) is 34.9 Å². The molecule has 0 atom stereocenters. The Morgan fingerprint density at radius 1 is 1.14 bits per heavy atom. The molecule has 0 saturated heterocycles. The summed E-state index contributed by atoms with van der Waals surface area (Å²) in [7, 11) is 1.88. The van der Waals surface area contributed by atoms with Gasteiger partial charge in [-0.3, -0.25) is 4.79 Å². The molecule has 2 heterocycles. The molecule has 1 aliphatic rings. The number of aromatic nitrogens is 2. The van der Waals surface area contributed by atoms with Gasteiger partial charge < -0.3 is 9.42 Å². The number of amides is 1. The number of hydrogen-bond acceptors (Lipinski definition) is 4. The summed E-state index contributed by atoms with van der Waals surface area (Å²) in [6, 6.07) is 8.08. The van der Waals surface area contributed by atoms with Crippen molar-refractivity contribution in [2.24, 2.45) is 0 Å². The first-order valence-electron chi connectivity index (χ1n) is 9.84. The van der Waals surface area contributed by atoms with E-state index in [1.165, 1.54) is 25.0 Å². The van der Waals surface area contributed by atoms with Crippen molar-refractivity contribution in [1.82, 2.24) is 15.0 Å². The van der Waals surface area contributed by atoms with Crippen LogP contribution >= 0.6 is 0 Å². The molecule has 5 nitrogen and oxygen atoms in total. The van der Waals surface area contributed by atoms with Gasteiger partial charge >= 0.3 is 0 Å². The molecule has 0 spiro atoms. The number of carbonyl (C=O) groups excluding carboxylic acids is 1. The van der Waals surface area contributed by atoms with Crippen LogP contribution in [-0.4, -0.2) is 34.0 Å². The third-order valence-electron chi connectivity index (χ3n) is 5.68. The Labute approximate surface area is 163 Å². The number of rotatable bonds is 3. The van der Waals surface area contributed by atoms with Crippen LogP contribution in [0.4, 0.5) is 4.39 Å². The molecule has 1 amide bonds. The third kappa shape index (κ3) is 3.51. The van der Waals surface area contributed by atoms with E-state index in [4.69, 9.17) is 4.52 Å². The van der Waals surface area contributed by atoms with Gasteiger partial charge in [-0.15, -0.1) is 0 Å². The Balaban J connectivity index is 1.76. The largest absolute Gasteiger partial charge is 0.339 e. The van der Waals surface area contributed by atoms with Crippen molar-refractivity contribution in [3.05, 3.63) is 47.4 Å². The van der Waals surface area contributed by atoms with Crippen LogP contribution in [0.2, 0.25) is 0 Å². The molecular formula is C22H24FN3O2. The van der Waals surface area contributed by atoms with Gasteiger partial charge in [0.05, 0.1) is 22.3 Å². The van der Waals surface area contributed by atoms with Crippen LogP contribution in [0.25, 0.3) is 22.4 Å². The fraction of sp³-hybridized carbons (Fsp3) is 0.409. The summed E-state index contributed by atoms with van der Waals surface area (Å²) in [5.74, 6) is -0.362. The maximum atomic E-state index is 13.4. The molecule has 146 valence electrons. The summed E-state index contributed by atoms with van der Waals surface area (Å²) in [6.45, 7) is 1.81. The van der Waals surface area contributed by atoms with E-state index in [9.17, 15) is 9.18 Å². The number of carbonyl (C=O) groups is 1. The van der Waals surface area contributed by atoms with E-state index in [1.807, 2.05) is 18.9 Å². The van der Waals surface area contributed by atoms with E-state index < -0.39 is 0 Å². The Morgan fingerprint density at radius 2 is 1.82 bits per heavy atom. The monoisotopic (exact) mass is 381 g/mol. The van der Waals surface area contributed by atoms with Gasteiger partial charge in [0.25, 0.3) is 11.6 Å². The quantitative estimate of drug-likeness (QED) is 0.590. The zero-order valence-corrected chi connectivity index (χ0v) is 16.2. The highest BCUT2D eigenvalue weighted by Gasteiger charge is 2.26. The molecule has 2 aromatic heterocycles. The normalized spacial score (nSPS) is 15.5. The molecule has 1 saturated carbocycles. The van der Waals surface area contributed by atoms with E-state index in [1.54, 1.807) is 18.2 Å². The molecule has 3 aromatic rings. The molecule has 4 rings (SSSR count). The first-order valence-corrected chi connectivity index (χ1v) is 9.84. The zero-order valence-electron chi connectivity index (χ0n) is 16.2. The topological polar surface area (TPSA) is 59.2 Å². The summed E-state index contributed by atoms with van der Waals surface area (Å²) in [6.07, 6.45) is 6.84. The van der Waals surface area contributed by atoms with Crippen LogP contribution in [0.3, 0.4) is 0 Å². The summed E-state index contributed by atoms with van der Waals surface area (Å²) in [5, 5.41) is 4.66. The van der Waals surface area contributed by atoms with Crippen LogP contribution < -0.4 is 0 Å². The van der Waals surface area contributed by atoms with Crippen molar-refractivity contribution >= 4 is 17.0 Å². The molecule has 1 fully saturated rings. The number of nitrogens with zero attached hydrogens (tertiary/aromatic N) is 3. The minimum absolute atomic E-state index is 0.0473. The van der Waals surface area contributed by atoms with E-state index in [2.05, 4.69) is 10.1 Å². The van der Waals surface area contributed by atoms with Crippen molar-refractivity contribution in [2.45, 2.75) is 51.5 Å². The smallest absolute Gasteiger partial charge is 0.259 e. The molecule has 0 N–H and O–H groups in total. The van der Waals surface area contributed by atoms with Crippen molar-refractivity contribution in [3.8, 4) is 11.3 Å². The van der Waals surface area contributed by atoms with Gasteiger partial charge in [0, 0.05) is 18.7 Å². The van der Waals surface area contributed by atoms with E-state index in [-0.39, 0.29) is 17.8 Å². The van der Waals surface area contributed by atoms with E-state index in [0.717, 1.165) is 31.2 Å². The molecule has 1 aliphatic carbocycles. The summed E-state index contributed by atoms with van der Waals surface area (Å²) >= 11 is 0. The summed E-state index contributed by atoms with van der Waals surface area (Å²) in [4.78, 5) is 19.8. The van der Waals surface area contributed by atoms with Crippen molar-refractivity contribution in [1.29, 1.82) is 0 Å². The predicted molar refractivity (Wildman–Crippen MR) is 106 cm³/mol. The molecule has 28 heavy (non-hydrogen) atoms. The van der Waals surface area contributed by atoms with Crippen LogP contribution in [0.1, 0.15) is 54.6 Å². The Bertz CT molecular complexity index is 989. The Hall–Kier alpha value is -2.76. The van der Waals surface area contributed by atoms with Gasteiger partial charge in [-0.1, -0.05) is 30.8 Å². The molecule has 0 radical (unpaired) electrons. The molecule has 0 unspecified atom stereocenters. The number of aryl methyl sites for hydroxylation is 1. The fourth-order valence-corrected chi connectivity index (χ4v) is 4.03. The second kappa shape index (κ2) is 7.70. The minimum Gasteiger partial charge on any atom is -0.339 e. The molecule has 1 aromatic carbocycles. The van der Waals surface area contributed by atoms with Crippen LogP contribution in [0, 0.1) is 12.7 Å². The summed E-state index contributed by atoms with van der Waals surface area (Å²) in [5.41, 5.74) is 2.81. The first-order chi connectivity index (χ1) is 13.5. The maximum Gasteiger partial charge on any atom is 0.259 e. The van der Waals surface area contributed by atoms with Gasteiger partial charge in [0.15, 0.2) is 0 Å². The van der Waals surface area contributed by atoms with Crippen LogP contribution in [0.5, 0.6) is 0 Å². The average molecular weight is 381 g/mol. The van der Waals surface area contributed by atoms with Crippen molar-refractivity contribution in [2.75, 3.05) is 7.05 Å². The lowest BCUT2D eigenvalue weighted by Gasteiger charge is -2.27. The molecule has 0 bridgehead atoms. The van der Waals surface area contributed by atoms with Crippen molar-refractivity contribution < 1.29 is 13.7 Å². The van der Waals surface area contributed by atoms with E-state index >= 15 is 0 Å². The van der Waals surface area contributed by atoms with E-state index in [0.29, 0.717) is 28.1 Å². The highest BCUT2D eigenvalue weighted by atomic mass is 19.1. The Morgan fingerprint density at radius 3 is 2.50 bits per heavy atom. The standard InChI is InChI=1S/C22H24FN3O2/c1-14-20-18(22(27)26(2)17-7-5-3-4-6-8-17)13-19(24-21(20)28-25-14)15-9-11-16(23)12-10-15/h9-13,17H,3-8H2,1-2H3. The Kier molecular flexibility index (Phi) is 5.11. The molecular weight excluding hydrogens is 357 g/mol. The van der Waals surface area contributed by atoms with Crippen LogP contribution in [-0.2, 0) is 0 Å². The molecule has 6 heteroatoms. The van der Waals surface area contributed by atoms with Gasteiger partial charge in [0.1, 0.15) is 5.82 Å². The SMILES string of the molecule is Cc1noc2nc(-c3ccc(F)cc3)cc(C(=O)N(C)C3CCCCCC3)c12. The number of pyridine rings is 1. The predicted octanol–water partition coefficient (Wildman–Crippen LogP) is 5.13. The number of fused-ring (bicyclic) bond motifs is 1. The van der Waals surface area contributed by atoms with Gasteiger partial charge in [-0.25, -0.2) is 9.37 Å². The second-order valence-electron chi connectivity index (χ2n) is 7.57. The first kappa shape index (κ1) is 18.6. The lowest BCUT2D eigenvalue weighted by atomic mass is 10.0. The average Bonchev–Trinajstić information content (AvgIpc) is 2.91. The highest BCUT2D eigenvalue weighted by Crippen LogP contribution is 2.29. The highest BCUT2D eigenvalue weighted by molar-refractivity contribution is 6.07. The number of halogens is 1. The number of hydrogen-bond donors (Lipinski definition) is 0. The lowest BCUT2D eigenvalue weighted by molar-refractivity contribution is 0.0719. The second-order valence-corrected chi connectivity index (χ2v) is 7.57. The minimum atomic E-state index is -0.315. The maximum absolute atomic E-state index is 13.4. The lowest BCUT2D eigenvalue weighted by Crippen LogP contribution is -2.36. The van der Waals surface area contributed by atoms with Crippen molar-refractivity contribution in [3.63, 3.8) is 0 Å². The third-order valence-corrected chi connectivity index (χ3v) is 5.68. The number of benzene rings is 1. The summed E-state index contributed by atoms with van der Waals surface area (Å²) < 4.78 is 18.7. The van der Waals surface area contributed by atoms with Gasteiger partial charge in [0.2, 0.25) is 0 Å². The zero-order chi connectivity index (χ0) is 19.7. The molecule has 0 aliphatic heterocycles. The fourth-order valence-electron chi connectivity index (χ4n) is 4.03. The van der Waals surface area contributed by atoms with Gasteiger partial charge in [-0.2, -0.15) is 0 Å².